The van der Waals surface area contributed by atoms with Crippen LogP contribution in [0.5, 0.6) is 0 Å². The molecule has 0 fully saturated rings. The van der Waals surface area contributed by atoms with E-state index in [0.717, 1.165) is 5.54 Å². The molecule has 74 valence electrons. The van der Waals surface area contributed by atoms with E-state index in [1.165, 1.54) is 44.9 Å². The third-order valence-corrected chi connectivity index (χ3v) is 4.96. The molecule has 2 heteroatoms. The summed E-state index contributed by atoms with van der Waals surface area (Å²) in [5, 5.41) is 0. The standard InChI is InChI=1S/C10H23ClSi/c1-3-5-7-9-10(12-11)8-6-4-2/h10H,3-9,12H2,1-2H3. The first-order valence-electron chi connectivity index (χ1n) is 5.41. The molecule has 0 aliphatic rings. The van der Waals surface area contributed by atoms with E-state index in [-0.39, 0.29) is 8.83 Å². The molecule has 12 heavy (non-hydrogen) atoms. The van der Waals surface area contributed by atoms with Crippen molar-refractivity contribution < 1.29 is 0 Å². The van der Waals surface area contributed by atoms with Crippen molar-refractivity contribution >= 4 is 19.9 Å². The fourth-order valence-electron chi connectivity index (χ4n) is 1.47. The maximum absolute atomic E-state index is 6.02. The van der Waals surface area contributed by atoms with Gasteiger partial charge < -0.3 is 0 Å². The second kappa shape index (κ2) is 9.59. The van der Waals surface area contributed by atoms with Crippen molar-refractivity contribution in [1.82, 2.24) is 0 Å². The predicted octanol–water partition coefficient (Wildman–Crippen LogP) is 3.87. The van der Waals surface area contributed by atoms with E-state index in [1.807, 2.05) is 0 Å². The number of hydrogen-bond donors (Lipinski definition) is 0. The quantitative estimate of drug-likeness (QED) is 0.322. The summed E-state index contributed by atoms with van der Waals surface area (Å²) in [5.74, 6) is 0. The van der Waals surface area contributed by atoms with Gasteiger partial charge in [-0.1, -0.05) is 58.8 Å². The molecule has 0 heterocycles. The Morgan fingerprint density at radius 1 is 1.00 bits per heavy atom. The van der Waals surface area contributed by atoms with Crippen LogP contribution < -0.4 is 0 Å². The molecule has 0 N–H and O–H groups in total. The van der Waals surface area contributed by atoms with Crippen molar-refractivity contribution in [2.75, 3.05) is 0 Å². The molecule has 0 aliphatic heterocycles. The molecule has 0 aromatic rings. The Kier molecular flexibility index (Phi) is 10.00. The second-order valence-electron chi connectivity index (χ2n) is 3.66. The molecule has 1 unspecified atom stereocenters. The molecule has 0 rings (SSSR count). The number of rotatable bonds is 8. The highest BCUT2D eigenvalue weighted by Gasteiger charge is 2.06. The van der Waals surface area contributed by atoms with Gasteiger partial charge in [-0.15, -0.1) is 0 Å². The molecule has 0 spiro atoms. The molecule has 0 aromatic heterocycles. The highest BCUT2D eigenvalue weighted by Crippen LogP contribution is 2.22. The van der Waals surface area contributed by atoms with E-state index in [2.05, 4.69) is 13.8 Å². The maximum atomic E-state index is 6.02. The average molecular weight is 207 g/mol. The third-order valence-electron chi connectivity index (χ3n) is 2.40. The Morgan fingerprint density at radius 2 is 1.58 bits per heavy atom. The molecule has 0 saturated heterocycles. The fraction of sp³-hybridized carbons (Fsp3) is 1.00. The van der Waals surface area contributed by atoms with E-state index in [0.29, 0.717) is 0 Å². The minimum absolute atomic E-state index is 0.248. The summed E-state index contributed by atoms with van der Waals surface area (Å²) < 4.78 is 0. The van der Waals surface area contributed by atoms with Crippen LogP contribution in [0.15, 0.2) is 0 Å². The predicted molar refractivity (Wildman–Crippen MR) is 61.8 cm³/mol. The van der Waals surface area contributed by atoms with E-state index in [9.17, 15) is 0 Å². The minimum Gasteiger partial charge on any atom is -0.176 e. The summed E-state index contributed by atoms with van der Waals surface area (Å²) in [4.78, 5) is 0. The largest absolute Gasteiger partial charge is 0.176 e. The van der Waals surface area contributed by atoms with E-state index < -0.39 is 0 Å². The highest BCUT2D eigenvalue weighted by atomic mass is 35.6. The highest BCUT2D eigenvalue weighted by molar-refractivity contribution is 6.94. The molecule has 0 bridgehead atoms. The van der Waals surface area contributed by atoms with E-state index >= 15 is 0 Å². The molecule has 0 aromatic carbocycles. The Hall–Kier alpha value is 0.507. The van der Waals surface area contributed by atoms with Gasteiger partial charge in [0.25, 0.3) is 0 Å². The summed E-state index contributed by atoms with van der Waals surface area (Å²) in [7, 11) is -0.248. The van der Waals surface area contributed by atoms with Crippen molar-refractivity contribution in [3.05, 3.63) is 0 Å². The Balaban J connectivity index is 3.26. The lowest BCUT2D eigenvalue weighted by atomic mass is 10.1. The molecule has 0 aliphatic carbocycles. The van der Waals surface area contributed by atoms with Crippen molar-refractivity contribution in [2.24, 2.45) is 0 Å². The fourth-order valence-corrected chi connectivity index (χ4v) is 3.29. The Morgan fingerprint density at radius 3 is 2.08 bits per heavy atom. The van der Waals surface area contributed by atoms with Gasteiger partial charge in [0, 0.05) is 0 Å². The van der Waals surface area contributed by atoms with Gasteiger partial charge in [-0.25, -0.2) is 0 Å². The van der Waals surface area contributed by atoms with Gasteiger partial charge in [-0.2, -0.15) is 11.1 Å². The average Bonchev–Trinajstić information content (AvgIpc) is 2.11. The van der Waals surface area contributed by atoms with E-state index in [1.54, 1.807) is 0 Å². The van der Waals surface area contributed by atoms with Gasteiger partial charge in [-0.3, -0.25) is 0 Å². The SMILES string of the molecule is CCCCCC(CCCC)[SiH2]Cl. The van der Waals surface area contributed by atoms with Gasteiger partial charge in [0.2, 0.25) is 0 Å². The lowest BCUT2D eigenvalue weighted by Gasteiger charge is -2.11. The summed E-state index contributed by atoms with van der Waals surface area (Å²) in [6.07, 6.45) is 9.66. The Bertz CT molecular complexity index is 85.9. The van der Waals surface area contributed by atoms with Gasteiger partial charge >= 0.3 is 0 Å². The van der Waals surface area contributed by atoms with Gasteiger partial charge in [0.05, 0.1) is 0 Å². The maximum Gasteiger partial charge on any atom is 0.128 e. The van der Waals surface area contributed by atoms with Crippen LogP contribution in [-0.2, 0) is 0 Å². The molecule has 0 amide bonds. The monoisotopic (exact) mass is 206 g/mol. The number of unbranched alkanes of at least 4 members (excludes halogenated alkanes) is 3. The zero-order valence-electron chi connectivity index (χ0n) is 8.61. The van der Waals surface area contributed by atoms with Crippen LogP contribution in [0.1, 0.15) is 58.8 Å². The van der Waals surface area contributed by atoms with Crippen LogP contribution in [0, 0.1) is 0 Å². The van der Waals surface area contributed by atoms with Crippen LogP contribution in [-0.4, -0.2) is 8.83 Å². The van der Waals surface area contributed by atoms with Gasteiger partial charge in [0.1, 0.15) is 8.83 Å². The summed E-state index contributed by atoms with van der Waals surface area (Å²) in [5.41, 5.74) is 0.929. The van der Waals surface area contributed by atoms with Crippen molar-refractivity contribution in [1.29, 1.82) is 0 Å². The van der Waals surface area contributed by atoms with E-state index in [4.69, 9.17) is 11.1 Å². The molecular formula is C10H23ClSi. The lowest BCUT2D eigenvalue weighted by molar-refractivity contribution is 0.583. The third kappa shape index (κ3) is 7.17. The van der Waals surface area contributed by atoms with Crippen molar-refractivity contribution in [3.8, 4) is 0 Å². The molecule has 0 nitrogen and oxygen atoms in total. The van der Waals surface area contributed by atoms with Crippen molar-refractivity contribution in [3.63, 3.8) is 0 Å². The Labute approximate surface area is 84.6 Å². The normalized spacial score (nSPS) is 14.2. The van der Waals surface area contributed by atoms with Crippen molar-refractivity contribution in [2.45, 2.75) is 64.3 Å². The summed E-state index contributed by atoms with van der Waals surface area (Å²) in [6.45, 7) is 4.53. The minimum atomic E-state index is -0.248. The zero-order chi connectivity index (χ0) is 9.23. The first-order valence-corrected chi connectivity index (χ1v) is 8.36. The van der Waals surface area contributed by atoms with Crippen LogP contribution in [0.3, 0.4) is 0 Å². The van der Waals surface area contributed by atoms with Crippen LogP contribution >= 0.6 is 11.1 Å². The molecular weight excluding hydrogens is 184 g/mol. The number of halogens is 1. The summed E-state index contributed by atoms with van der Waals surface area (Å²) in [6, 6.07) is 0. The van der Waals surface area contributed by atoms with Crippen LogP contribution in [0.25, 0.3) is 0 Å². The molecule has 0 saturated carbocycles. The van der Waals surface area contributed by atoms with Gasteiger partial charge in [-0.05, 0) is 5.54 Å². The lowest BCUT2D eigenvalue weighted by Crippen LogP contribution is -1.98. The summed E-state index contributed by atoms with van der Waals surface area (Å²) >= 11 is 6.02. The van der Waals surface area contributed by atoms with Gasteiger partial charge in [0.15, 0.2) is 0 Å². The smallest absolute Gasteiger partial charge is 0.128 e. The number of hydrogen-bond acceptors (Lipinski definition) is 0. The van der Waals surface area contributed by atoms with Crippen LogP contribution in [0.4, 0.5) is 0 Å². The molecule has 0 radical (unpaired) electrons. The first-order chi connectivity index (χ1) is 5.85. The molecule has 1 atom stereocenters. The second-order valence-corrected chi connectivity index (χ2v) is 6.05. The zero-order valence-corrected chi connectivity index (χ0v) is 10.8. The topological polar surface area (TPSA) is 0 Å². The first kappa shape index (κ1) is 12.5. The van der Waals surface area contributed by atoms with Crippen LogP contribution in [0.2, 0.25) is 5.54 Å².